The maximum atomic E-state index is 13.1. The first-order valence-corrected chi connectivity index (χ1v) is 4.54. The molecule has 12 heavy (non-hydrogen) atoms. The second kappa shape index (κ2) is 3.87. The van der Waals surface area contributed by atoms with E-state index in [1.807, 2.05) is 6.92 Å². The van der Waals surface area contributed by atoms with Gasteiger partial charge in [-0.2, -0.15) is 0 Å². The quantitative estimate of drug-likeness (QED) is 0.590. The van der Waals surface area contributed by atoms with Crippen LogP contribution in [0.3, 0.4) is 0 Å². The van der Waals surface area contributed by atoms with Crippen LogP contribution in [0.1, 0.15) is 26.7 Å². The molecule has 2 nitrogen and oxygen atoms in total. The Kier molecular flexibility index (Phi) is 3.06. The summed E-state index contributed by atoms with van der Waals surface area (Å²) in [5.41, 5.74) is 0. The zero-order valence-electron chi connectivity index (χ0n) is 7.72. The van der Waals surface area contributed by atoms with Gasteiger partial charge in [0.2, 0.25) is 5.91 Å². The van der Waals surface area contributed by atoms with E-state index < -0.39 is 6.17 Å². The molecule has 0 aromatic rings. The first-order chi connectivity index (χ1) is 5.65. The van der Waals surface area contributed by atoms with Crippen molar-refractivity contribution in [1.82, 2.24) is 4.90 Å². The minimum absolute atomic E-state index is 0.0580. The Morgan fingerprint density at radius 3 is 2.83 bits per heavy atom. The molecule has 0 saturated carbocycles. The van der Waals surface area contributed by atoms with Crippen LogP contribution in [0.15, 0.2) is 0 Å². The normalized spacial score (nSPS) is 30.4. The Morgan fingerprint density at radius 2 is 2.33 bits per heavy atom. The number of alkyl halides is 1. The molecule has 1 fully saturated rings. The second-order valence-corrected chi connectivity index (χ2v) is 3.44. The fraction of sp³-hybridized carbons (Fsp3) is 0.889. The van der Waals surface area contributed by atoms with Gasteiger partial charge in [-0.25, -0.2) is 4.39 Å². The number of piperidine rings is 1. The van der Waals surface area contributed by atoms with Crippen LogP contribution in [0.5, 0.6) is 0 Å². The van der Waals surface area contributed by atoms with Crippen LogP contribution < -0.4 is 0 Å². The van der Waals surface area contributed by atoms with Crippen molar-refractivity contribution in [2.45, 2.75) is 32.9 Å². The van der Waals surface area contributed by atoms with Crippen molar-refractivity contribution in [3.63, 3.8) is 0 Å². The van der Waals surface area contributed by atoms with E-state index in [-0.39, 0.29) is 11.8 Å². The average molecular weight is 173 g/mol. The summed E-state index contributed by atoms with van der Waals surface area (Å²) in [4.78, 5) is 12.7. The highest BCUT2D eigenvalue weighted by Crippen LogP contribution is 2.22. The molecule has 0 N–H and O–H groups in total. The van der Waals surface area contributed by atoms with Gasteiger partial charge >= 0.3 is 0 Å². The van der Waals surface area contributed by atoms with E-state index in [0.29, 0.717) is 19.5 Å². The molecule has 1 amide bonds. The largest absolute Gasteiger partial charge is 0.342 e. The molecule has 1 aliphatic heterocycles. The predicted molar refractivity (Wildman–Crippen MR) is 45.5 cm³/mol. The van der Waals surface area contributed by atoms with Gasteiger partial charge in [0.15, 0.2) is 0 Å². The number of carbonyl (C=O) groups is 1. The molecule has 1 aliphatic rings. The maximum Gasteiger partial charge on any atom is 0.219 e. The maximum absolute atomic E-state index is 13.1. The lowest BCUT2D eigenvalue weighted by Gasteiger charge is -2.33. The Hall–Kier alpha value is -0.600. The van der Waals surface area contributed by atoms with Gasteiger partial charge in [0.25, 0.3) is 0 Å². The molecule has 0 aromatic carbocycles. The van der Waals surface area contributed by atoms with Gasteiger partial charge in [0.1, 0.15) is 6.17 Å². The summed E-state index contributed by atoms with van der Waals surface area (Å²) < 4.78 is 13.1. The zero-order chi connectivity index (χ0) is 9.14. The number of halogens is 1. The van der Waals surface area contributed by atoms with Crippen LogP contribution in [-0.2, 0) is 4.79 Å². The summed E-state index contributed by atoms with van der Waals surface area (Å²) in [5, 5.41) is 0. The van der Waals surface area contributed by atoms with Crippen molar-refractivity contribution in [3.05, 3.63) is 0 Å². The van der Waals surface area contributed by atoms with E-state index in [4.69, 9.17) is 0 Å². The lowest BCUT2D eigenvalue weighted by molar-refractivity contribution is -0.131. The van der Waals surface area contributed by atoms with E-state index >= 15 is 0 Å². The number of rotatable bonds is 1. The van der Waals surface area contributed by atoms with Crippen molar-refractivity contribution in [2.24, 2.45) is 5.92 Å². The molecule has 0 spiro atoms. The molecule has 0 aliphatic carbocycles. The first kappa shape index (κ1) is 9.49. The number of likely N-dealkylation sites (tertiary alicyclic amines) is 1. The van der Waals surface area contributed by atoms with Crippen molar-refractivity contribution in [3.8, 4) is 0 Å². The monoisotopic (exact) mass is 173 g/mol. The molecule has 3 heteroatoms. The summed E-state index contributed by atoms with van der Waals surface area (Å²) in [6, 6.07) is 0. The number of carbonyl (C=O) groups excluding carboxylic acids is 1. The summed E-state index contributed by atoms with van der Waals surface area (Å²) >= 11 is 0. The van der Waals surface area contributed by atoms with Crippen molar-refractivity contribution >= 4 is 5.91 Å². The Labute approximate surface area is 72.7 Å². The van der Waals surface area contributed by atoms with E-state index in [2.05, 4.69) is 0 Å². The van der Waals surface area contributed by atoms with Gasteiger partial charge in [-0.1, -0.05) is 6.92 Å². The molecular formula is C9H16FNO. The minimum Gasteiger partial charge on any atom is -0.342 e. The van der Waals surface area contributed by atoms with E-state index in [1.165, 1.54) is 0 Å². The standard InChI is InChI=1S/C9H16FNO/c1-3-8-6-11(7(2)12)5-4-9(8)10/h8-9H,3-6H2,1-2H3/t8-,9+/m1/s1. The third-order valence-corrected chi connectivity index (χ3v) is 2.61. The minimum atomic E-state index is -0.703. The number of hydrogen-bond acceptors (Lipinski definition) is 1. The fourth-order valence-corrected chi connectivity index (χ4v) is 1.67. The van der Waals surface area contributed by atoms with Gasteiger partial charge in [-0.3, -0.25) is 4.79 Å². The first-order valence-electron chi connectivity index (χ1n) is 4.54. The zero-order valence-corrected chi connectivity index (χ0v) is 7.72. The number of hydrogen-bond donors (Lipinski definition) is 0. The predicted octanol–water partition coefficient (Wildman–Crippen LogP) is 1.60. The van der Waals surface area contributed by atoms with Gasteiger partial charge < -0.3 is 4.90 Å². The third kappa shape index (κ3) is 1.96. The van der Waals surface area contributed by atoms with E-state index in [1.54, 1.807) is 11.8 Å². The van der Waals surface area contributed by atoms with Gasteiger partial charge in [-0.15, -0.1) is 0 Å². The molecule has 70 valence electrons. The molecular weight excluding hydrogens is 157 g/mol. The highest BCUT2D eigenvalue weighted by molar-refractivity contribution is 5.73. The summed E-state index contributed by atoms with van der Waals surface area (Å²) in [7, 11) is 0. The number of amides is 1. The second-order valence-electron chi connectivity index (χ2n) is 3.44. The van der Waals surface area contributed by atoms with Gasteiger partial charge in [0, 0.05) is 25.9 Å². The van der Waals surface area contributed by atoms with Crippen LogP contribution in [0, 0.1) is 5.92 Å². The number of nitrogens with zero attached hydrogens (tertiary/aromatic N) is 1. The highest BCUT2D eigenvalue weighted by atomic mass is 19.1. The molecule has 0 radical (unpaired) electrons. The van der Waals surface area contributed by atoms with Gasteiger partial charge in [0.05, 0.1) is 0 Å². The van der Waals surface area contributed by atoms with Crippen molar-refractivity contribution in [1.29, 1.82) is 0 Å². The van der Waals surface area contributed by atoms with Crippen LogP contribution in [0.25, 0.3) is 0 Å². The summed E-state index contributed by atoms with van der Waals surface area (Å²) in [6.45, 7) is 4.71. The Balaban J connectivity index is 2.49. The topological polar surface area (TPSA) is 20.3 Å². The van der Waals surface area contributed by atoms with Crippen LogP contribution in [-0.4, -0.2) is 30.1 Å². The lowest BCUT2D eigenvalue weighted by Crippen LogP contribution is -2.43. The third-order valence-electron chi connectivity index (χ3n) is 2.61. The van der Waals surface area contributed by atoms with Crippen LogP contribution in [0.4, 0.5) is 4.39 Å². The molecule has 0 unspecified atom stereocenters. The Morgan fingerprint density at radius 1 is 1.67 bits per heavy atom. The van der Waals surface area contributed by atoms with Crippen LogP contribution in [0.2, 0.25) is 0 Å². The molecule has 1 saturated heterocycles. The van der Waals surface area contributed by atoms with Crippen LogP contribution >= 0.6 is 0 Å². The summed E-state index contributed by atoms with van der Waals surface area (Å²) in [6.07, 6.45) is 0.633. The highest BCUT2D eigenvalue weighted by Gasteiger charge is 2.28. The van der Waals surface area contributed by atoms with E-state index in [9.17, 15) is 9.18 Å². The molecule has 1 rings (SSSR count). The SMILES string of the molecule is CC[C@@H]1CN(C(C)=O)CC[C@@H]1F. The molecule has 0 aromatic heterocycles. The van der Waals surface area contributed by atoms with Crippen molar-refractivity contribution in [2.75, 3.05) is 13.1 Å². The molecule has 2 atom stereocenters. The lowest BCUT2D eigenvalue weighted by atomic mass is 9.93. The van der Waals surface area contributed by atoms with Gasteiger partial charge in [-0.05, 0) is 12.8 Å². The van der Waals surface area contributed by atoms with Crippen molar-refractivity contribution < 1.29 is 9.18 Å². The smallest absolute Gasteiger partial charge is 0.219 e. The Bertz CT molecular complexity index is 172. The summed E-state index contributed by atoms with van der Waals surface area (Å²) in [5.74, 6) is 0.128. The molecule has 1 heterocycles. The fourth-order valence-electron chi connectivity index (χ4n) is 1.67. The van der Waals surface area contributed by atoms with E-state index in [0.717, 1.165) is 6.42 Å². The average Bonchev–Trinajstić information content (AvgIpc) is 2.05. The molecule has 0 bridgehead atoms.